The Morgan fingerprint density at radius 1 is 1.50 bits per heavy atom. The predicted molar refractivity (Wildman–Crippen MR) is 55.5 cm³/mol. The fraction of sp³-hybridized carbons (Fsp3) is 0.444. The van der Waals surface area contributed by atoms with Crippen LogP contribution in [0, 0.1) is 0 Å². The van der Waals surface area contributed by atoms with Gasteiger partial charge in [-0.25, -0.2) is 9.78 Å². The number of hydrogen-bond donors (Lipinski definition) is 0. The van der Waals surface area contributed by atoms with E-state index in [9.17, 15) is 4.79 Å². The van der Waals surface area contributed by atoms with Crippen molar-refractivity contribution in [2.24, 2.45) is 0 Å². The molecule has 0 amide bonds. The lowest BCUT2D eigenvalue weighted by Gasteiger charge is -2.00. The third kappa shape index (κ3) is 3.06. The highest BCUT2D eigenvalue weighted by atomic mass is 79.9. The van der Waals surface area contributed by atoms with Crippen LogP contribution in [0.2, 0.25) is 0 Å². The van der Waals surface area contributed by atoms with Crippen molar-refractivity contribution < 1.29 is 9.53 Å². The molecule has 0 spiro atoms. The molecule has 76 valence electrons. The minimum atomic E-state index is -0.426. The zero-order chi connectivity index (χ0) is 10.4. The number of halogens is 1. The Morgan fingerprint density at radius 3 is 2.79 bits per heavy atom. The largest absolute Gasteiger partial charge is 0.461 e. The highest BCUT2D eigenvalue weighted by molar-refractivity contribution is 9.09. The number of alkyl halides is 1. The molecule has 0 bridgehead atoms. The van der Waals surface area contributed by atoms with Gasteiger partial charge in [0.05, 0.1) is 18.5 Å². The second-order valence-electron chi connectivity index (χ2n) is 2.55. The minimum absolute atomic E-state index is 0.255. The van der Waals surface area contributed by atoms with Crippen LogP contribution in [0.25, 0.3) is 0 Å². The molecule has 0 unspecified atom stereocenters. The first kappa shape index (κ1) is 11.1. The number of esters is 1. The average Bonchev–Trinajstić information content (AvgIpc) is 2.20. The summed E-state index contributed by atoms with van der Waals surface area (Å²) in [6.07, 6.45) is 3.83. The van der Waals surface area contributed by atoms with Crippen LogP contribution in [0.5, 0.6) is 0 Å². The molecular weight excluding hydrogens is 248 g/mol. The Bertz CT molecular complexity index is 300. The van der Waals surface area contributed by atoms with Gasteiger partial charge in [-0.15, -0.1) is 0 Å². The molecule has 0 saturated carbocycles. The van der Waals surface area contributed by atoms with Gasteiger partial charge in [0, 0.05) is 17.9 Å². The van der Waals surface area contributed by atoms with Gasteiger partial charge >= 0.3 is 5.97 Å². The summed E-state index contributed by atoms with van der Waals surface area (Å²) < 4.78 is 4.78. The van der Waals surface area contributed by atoms with Gasteiger partial charge in [0.1, 0.15) is 0 Å². The summed E-state index contributed by atoms with van der Waals surface area (Å²) in [7, 11) is 0. The molecule has 4 nitrogen and oxygen atoms in total. The van der Waals surface area contributed by atoms with Gasteiger partial charge < -0.3 is 4.74 Å². The summed E-state index contributed by atoms with van der Waals surface area (Å²) in [5.74, 6) is -0.426. The van der Waals surface area contributed by atoms with Crippen LogP contribution >= 0.6 is 15.9 Å². The second-order valence-corrected chi connectivity index (χ2v) is 3.35. The lowest BCUT2D eigenvalue weighted by molar-refractivity contribution is 0.0519. The molecule has 1 aromatic rings. The van der Waals surface area contributed by atoms with Crippen LogP contribution in [0.15, 0.2) is 12.4 Å². The highest BCUT2D eigenvalue weighted by Gasteiger charge is 2.07. The highest BCUT2D eigenvalue weighted by Crippen LogP contribution is 2.00. The van der Waals surface area contributed by atoms with E-state index in [4.69, 9.17) is 4.74 Å². The maximum atomic E-state index is 11.2. The summed E-state index contributed by atoms with van der Waals surface area (Å²) >= 11 is 3.30. The minimum Gasteiger partial charge on any atom is -0.461 e. The van der Waals surface area contributed by atoms with Crippen molar-refractivity contribution in [3.8, 4) is 0 Å². The molecule has 0 aliphatic carbocycles. The van der Waals surface area contributed by atoms with Crippen LogP contribution < -0.4 is 0 Å². The number of rotatable bonds is 4. The zero-order valence-corrected chi connectivity index (χ0v) is 9.45. The molecule has 0 aliphatic heterocycles. The van der Waals surface area contributed by atoms with Crippen LogP contribution in [-0.4, -0.2) is 27.9 Å². The number of nitrogens with zero attached hydrogens (tertiary/aromatic N) is 2. The van der Waals surface area contributed by atoms with Gasteiger partial charge in [-0.3, -0.25) is 4.98 Å². The van der Waals surface area contributed by atoms with Crippen molar-refractivity contribution in [2.45, 2.75) is 13.3 Å². The van der Waals surface area contributed by atoms with Crippen molar-refractivity contribution >= 4 is 21.9 Å². The van der Waals surface area contributed by atoms with E-state index in [1.807, 2.05) is 0 Å². The summed E-state index contributed by atoms with van der Waals surface area (Å²) in [4.78, 5) is 19.2. The Labute approximate surface area is 90.8 Å². The SMILES string of the molecule is CCOC(=O)c1cnc(CCBr)cn1. The van der Waals surface area contributed by atoms with E-state index < -0.39 is 5.97 Å². The lowest BCUT2D eigenvalue weighted by Crippen LogP contribution is -2.08. The smallest absolute Gasteiger partial charge is 0.358 e. The molecule has 1 aromatic heterocycles. The summed E-state index contributed by atoms with van der Waals surface area (Å²) in [6.45, 7) is 2.11. The molecule has 1 rings (SSSR count). The number of ether oxygens (including phenoxy) is 1. The molecule has 0 aliphatic rings. The van der Waals surface area contributed by atoms with Crippen molar-refractivity contribution in [3.63, 3.8) is 0 Å². The normalized spacial score (nSPS) is 9.86. The molecule has 0 fully saturated rings. The lowest BCUT2D eigenvalue weighted by atomic mass is 10.3. The van der Waals surface area contributed by atoms with Crippen LogP contribution in [0.1, 0.15) is 23.1 Å². The van der Waals surface area contributed by atoms with Crippen LogP contribution in [0.4, 0.5) is 0 Å². The van der Waals surface area contributed by atoms with Crippen molar-refractivity contribution in [3.05, 3.63) is 23.8 Å². The molecule has 0 atom stereocenters. The van der Waals surface area contributed by atoms with E-state index >= 15 is 0 Å². The van der Waals surface area contributed by atoms with Crippen molar-refractivity contribution in [2.75, 3.05) is 11.9 Å². The van der Waals surface area contributed by atoms with Crippen LogP contribution in [0.3, 0.4) is 0 Å². The maximum absolute atomic E-state index is 11.2. The predicted octanol–water partition coefficient (Wildman–Crippen LogP) is 1.59. The molecule has 0 aromatic carbocycles. The number of aromatic nitrogens is 2. The van der Waals surface area contributed by atoms with Crippen molar-refractivity contribution in [1.29, 1.82) is 0 Å². The monoisotopic (exact) mass is 258 g/mol. The number of aryl methyl sites for hydroxylation is 1. The van der Waals surface area contributed by atoms with E-state index in [2.05, 4.69) is 25.9 Å². The van der Waals surface area contributed by atoms with Gasteiger partial charge in [-0.2, -0.15) is 0 Å². The maximum Gasteiger partial charge on any atom is 0.358 e. The Balaban J connectivity index is 2.67. The average molecular weight is 259 g/mol. The number of hydrogen-bond acceptors (Lipinski definition) is 4. The first-order valence-electron chi connectivity index (χ1n) is 4.32. The number of carbonyl (C=O) groups is 1. The summed E-state index contributed by atoms with van der Waals surface area (Å²) in [6, 6.07) is 0. The fourth-order valence-electron chi connectivity index (χ4n) is 0.891. The standard InChI is InChI=1S/C9H11BrN2O2/c1-2-14-9(13)8-6-11-7(3-4-10)5-12-8/h5-6H,2-4H2,1H3. The van der Waals surface area contributed by atoms with E-state index in [1.54, 1.807) is 13.1 Å². The Morgan fingerprint density at radius 2 is 2.29 bits per heavy atom. The number of carbonyl (C=O) groups excluding carboxylic acids is 1. The van der Waals surface area contributed by atoms with Crippen molar-refractivity contribution in [1.82, 2.24) is 9.97 Å². The molecule has 14 heavy (non-hydrogen) atoms. The van der Waals surface area contributed by atoms with Gasteiger partial charge in [0.2, 0.25) is 0 Å². The zero-order valence-electron chi connectivity index (χ0n) is 7.86. The molecular formula is C9H11BrN2O2. The van der Waals surface area contributed by atoms with E-state index in [1.165, 1.54) is 6.20 Å². The Kier molecular flexibility index (Phi) is 4.52. The molecule has 0 saturated heterocycles. The molecule has 0 radical (unpaired) electrons. The van der Waals surface area contributed by atoms with E-state index in [0.717, 1.165) is 17.4 Å². The molecule has 0 N–H and O–H groups in total. The first-order chi connectivity index (χ1) is 6.77. The Hall–Kier alpha value is -0.970. The quantitative estimate of drug-likeness (QED) is 0.608. The third-order valence-electron chi connectivity index (χ3n) is 1.54. The molecule has 5 heteroatoms. The van der Waals surface area contributed by atoms with Gasteiger partial charge in [-0.1, -0.05) is 15.9 Å². The third-order valence-corrected chi connectivity index (χ3v) is 1.94. The summed E-state index contributed by atoms with van der Waals surface area (Å²) in [5.41, 5.74) is 1.11. The van der Waals surface area contributed by atoms with E-state index in [-0.39, 0.29) is 5.69 Å². The van der Waals surface area contributed by atoms with Gasteiger partial charge in [0.15, 0.2) is 5.69 Å². The second kappa shape index (κ2) is 5.70. The topological polar surface area (TPSA) is 52.1 Å². The van der Waals surface area contributed by atoms with Crippen LogP contribution in [-0.2, 0) is 11.2 Å². The van der Waals surface area contributed by atoms with E-state index in [0.29, 0.717) is 6.61 Å². The fourth-order valence-corrected chi connectivity index (χ4v) is 1.30. The van der Waals surface area contributed by atoms with Gasteiger partial charge in [0.25, 0.3) is 0 Å². The molecule has 1 heterocycles. The first-order valence-corrected chi connectivity index (χ1v) is 5.44. The van der Waals surface area contributed by atoms with Gasteiger partial charge in [-0.05, 0) is 6.92 Å². The summed E-state index contributed by atoms with van der Waals surface area (Å²) in [5, 5.41) is 0.834.